The van der Waals surface area contributed by atoms with Crippen LogP contribution in [0.2, 0.25) is 0 Å². The fraction of sp³-hybridized carbons (Fsp3) is 0.750. The molecule has 0 bridgehead atoms. The molecule has 0 spiro atoms. The Hall–Kier alpha value is -0.500. The van der Waals surface area contributed by atoms with Crippen molar-refractivity contribution in [3.05, 3.63) is 12.3 Å². The summed E-state index contributed by atoms with van der Waals surface area (Å²) in [6, 6.07) is 0. The Kier molecular flexibility index (Phi) is 5.03. The Morgan fingerprint density at radius 3 is 2.10 bits per heavy atom. The highest BCUT2D eigenvalue weighted by Crippen LogP contribution is 1.86. The molecule has 0 amide bonds. The van der Waals surface area contributed by atoms with Gasteiger partial charge in [-0.15, -0.1) is 0 Å². The van der Waals surface area contributed by atoms with E-state index in [2.05, 4.69) is 36.2 Å². The molecule has 0 saturated heterocycles. The minimum atomic E-state index is 1.13. The molecule has 0 aliphatic heterocycles. The lowest BCUT2D eigenvalue weighted by molar-refractivity contribution is 0.416. The van der Waals surface area contributed by atoms with Gasteiger partial charge in [0.15, 0.2) is 0 Å². The summed E-state index contributed by atoms with van der Waals surface area (Å²) in [5.41, 5.74) is 0. The first-order valence-corrected chi connectivity index (χ1v) is 3.60. The van der Waals surface area contributed by atoms with Crippen molar-refractivity contribution >= 4 is 0 Å². The van der Waals surface area contributed by atoms with Gasteiger partial charge in [-0.2, -0.15) is 0 Å². The van der Waals surface area contributed by atoms with Gasteiger partial charge in [-0.05, 0) is 26.7 Å². The number of nitrogens with zero attached hydrogens (tertiary/aromatic N) is 2. The maximum Gasteiger partial charge on any atom is 0.00555 e. The highest BCUT2D eigenvalue weighted by atomic mass is 15.0. The minimum absolute atomic E-state index is 1.13. The highest BCUT2D eigenvalue weighted by molar-refractivity contribution is 4.79. The Balaban J connectivity index is 3.19. The van der Waals surface area contributed by atoms with Gasteiger partial charge in [-0.1, -0.05) is 6.08 Å². The van der Waals surface area contributed by atoms with Gasteiger partial charge in [0, 0.05) is 20.6 Å². The first-order chi connectivity index (χ1) is 4.63. The second-order valence-electron chi connectivity index (χ2n) is 2.94. The molecule has 0 atom stereocenters. The van der Waals surface area contributed by atoms with Crippen LogP contribution in [0.1, 0.15) is 6.42 Å². The Morgan fingerprint density at radius 2 is 1.70 bits per heavy atom. The molecule has 0 aliphatic rings. The second-order valence-corrected chi connectivity index (χ2v) is 2.94. The zero-order valence-corrected chi connectivity index (χ0v) is 7.46. The maximum absolute atomic E-state index is 2.18. The van der Waals surface area contributed by atoms with Crippen molar-refractivity contribution in [2.24, 2.45) is 0 Å². The molecular formula is C8H18N2. The third kappa shape index (κ3) is 7.50. The molecule has 0 saturated carbocycles. The van der Waals surface area contributed by atoms with Crippen LogP contribution in [0.3, 0.4) is 0 Å². The van der Waals surface area contributed by atoms with Crippen molar-refractivity contribution < 1.29 is 0 Å². The van der Waals surface area contributed by atoms with Crippen molar-refractivity contribution in [2.75, 3.05) is 34.7 Å². The molecule has 0 aromatic rings. The normalized spacial score (nSPS) is 11.3. The van der Waals surface area contributed by atoms with Crippen LogP contribution in [0.4, 0.5) is 0 Å². The lowest BCUT2D eigenvalue weighted by Gasteiger charge is -2.07. The topological polar surface area (TPSA) is 6.48 Å². The molecular weight excluding hydrogens is 124 g/mol. The van der Waals surface area contributed by atoms with E-state index in [-0.39, 0.29) is 0 Å². The summed E-state index contributed by atoms with van der Waals surface area (Å²) in [4.78, 5) is 4.23. The van der Waals surface area contributed by atoms with Gasteiger partial charge in [-0.25, -0.2) is 0 Å². The fourth-order valence-corrected chi connectivity index (χ4v) is 0.618. The molecule has 60 valence electrons. The van der Waals surface area contributed by atoms with Crippen LogP contribution in [0.25, 0.3) is 0 Å². The van der Waals surface area contributed by atoms with Gasteiger partial charge in [0.2, 0.25) is 0 Å². The average molecular weight is 142 g/mol. The van der Waals surface area contributed by atoms with Crippen LogP contribution in [0, 0.1) is 0 Å². The molecule has 2 heteroatoms. The Morgan fingerprint density at radius 1 is 1.10 bits per heavy atom. The van der Waals surface area contributed by atoms with Crippen molar-refractivity contribution in [3.8, 4) is 0 Å². The molecule has 0 unspecified atom stereocenters. The smallest absolute Gasteiger partial charge is 0.00555 e. The summed E-state index contributed by atoms with van der Waals surface area (Å²) >= 11 is 0. The monoisotopic (exact) mass is 142 g/mol. The van der Waals surface area contributed by atoms with E-state index < -0.39 is 0 Å². The van der Waals surface area contributed by atoms with E-state index in [1.54, 1.807) is 0 Å². The van der Waals surface area contributed by atoms with Crippen LogP contribution < -0.4 is 0 Å². The zero-order chi connectivity index (χ0) is 7.98. The molecule has 0 aromatic heterocycles. The van der Waals surface area contributed by atoms with Crippen LogP contribution in [-0.2, 0) is 0 Å². The molecule has 0 rings (SSSR count). The van der Waals surface area contributed by atoms with Gasteiger partial charge in [-0.3, -0.25) is 0 Å². The predicted octanol–water partition coefficient (Wildman–Crippen LogP) is 1.01. The quantitative estimate of drug-likeness (QED) is 0.578. The summed E-state index contributed by atoms with van der Waals surface area (Å²) < 4.78 is 0. The van der Waals surface area contributed by atoms with E-state index in [1.165, 1.54) is 0 Å². The standard InChI is InChI=1S/C8H18N2/c1-9(2)7-5-6-8-10(3)4/h5,7H,6,8H2,1-4H3/b7-5+. The first-order valence-electron chi connectivity index (χ1n) is 3.60. The molecule has 0 aromatic carbocycles. The van der Waals surface area contributed by atoms with Crippen molar-refractivity contribution in [2.45, 2.75) is 6.42 Å². The van der Waals surface area contributed by atoms with Crippen molar-refractivity contribution in [3.63, 3.8) is 0 Å². The van der Waals surface area contributed by atoms with E-state index >= 15 is 0 Å². The lowest BCUT2D eigenvalue weighted by Crippen LogP contribution is -2.12. The van der Waals surface area contributed by atoms with Crippen molar-refractivity contribution in [1.82, 2.24) is 9.80 Å². The predicted molar refractivity (Wildman–Crippen MR) is 46.0 cm³/mol. The van der Waals surface area contributed by atoms with Gasteiger partial charge in [0.25, 0.3) is 0 Å². The molecule has 0 heterocycles. The SMILES string of the molecule is CN(C)/C=C/CCN(C)C. The molecule has 0 radical (unpaired) electrons. The summed E-state index contributed by atoms with van der Waals surface area (Å²) in [5.74, 6) is 0. The first kappa shape index (κ1) is 9.50. The van der Waals surface area contributed by atoms with E-state index in [0.29, 0.717) is 0 Å². The summed E-state index contributed by atoms with van der Waals surface area (Å²) in [5, 5.41) is 0. The van der Waals surface area contributed by atoms with Crippen LogP contribution in [0.15, 0.2) is 12.3 Å². The molecule has 10 heavy (non-hydrogen) atoms. The molecule has 0 aliphatic carbocycles. The van der Waals surface area contributed by atoms with E-state index in [4.69, 9.17) is 0 Å². The second kappa shape index (κ2) is 5.30. The van der Waals surface area contributed by atoms with Crippen LogP contribution >= 0.6 is 0 Å². The zero-order valence-electron chi connectivity index (χ0n) is 7.46. The molecule has 0 fully saturated rings. The van der Waals surface area contributed by atoms with Gasteiger partial charge >= 0.3 is 0 Å². The van der Waals surface area contributed by atoms with Crippen LogP contribution in [0.5, 0.6) is 0 Å². The average Bonchev–Trinajstić information content (AvgIpc) is 1.79. The van der Waals surface area contributed by atoms with E-state index in [9.17, 15) is 0 Å². The van der Waals surface area contributed by atoms with Crippen LogP contribution in [-0.4, -0.2) is 44.5 Å². The third-order valence-corrected chi connectivity index (χ3v) is 1.15. The maximum atomic E-state index is 2.18. The summed E-state index contributed by atoms with van der Waals surface area (Å²) in [6.07, 6.45) is 5.40. The minimum Gasteiger partial charge on any atom is -0.384 e. The van der Waals surface area contributed by atoms with Gasteiger partial charge in [0.05, 0.1) is 0 Å². The molecule has 2 nitrogen and oxygen atoms in total. The van der Waals surface area contributed by atoms with Gasteiger partial charge < -0.3 is 9.80 Å². The number of hydrogen-bond acceptors (Lipinski definition) is 2. The summed E-state index contributed by atoms with van der Waals surface area (Å²) in [7, 11) is 8.24. The lowest BCUT2D eigenvalue weighted by atomic mass is 10.4. The van der Waals surface area contributed by atoms with Crippen molar-refractivity contribution in [1.29, 1.82) is 0 Å². The largest absolute Gasteiger partial charge is 0.384 e. The molecule has 0 N–H and O–H groups in total. The Labute approximate surface area is 64.1 Å². The van der Waals surface area contributed by atoms with E-state index in [0.717, 1.165) is 13.0 Å². The fourth-order valence-electron chi connectivity index (χ4n) is 0.618. The number of rotatable bonds is 4. The van der Waals surface area contributed by atoms with E-state index in [1.807, 2.05) is 14.1 Å². The van der Waals surface area contributed by atoms with Gasteiger partial charge in [0.1, 0.15) is 0 Å². The number of hydrogen-bond donors (Lipinski definition) is 0. The Bertz CT molecular complexity index is 95.4. The highest BCUT2D eigenvalue weighted by Gasteiger charge is 1.84. The summed E-state index contributed by atoms with van der Waals surface area (Å²) in [6.45, 7) is 1.13. The third-order valence-electron chi connectivity index (χ3n) is 1.15.